The number of hydrogen-bond acceptors (Lipinski definition) is 3. The van der Waals surface area contributed by atoms with E-state index in [1.54, 1.807) is 0 Å². The highest BCUT2D eigenvalue weighted by atomic mass is 16.5. The van der Waals surface area contributed by atoms with E-state index in [0.717, 1.165) is 26.1 Å². The molecule has 0 aromatic carbocycles. The fourth-order valence-electron chi connectivity index (χ4n) is 0.871. The number of ether oxygens (including phenoxy) is 2. The van der Waals surface area contributed by atoms with Gasteiger partial charge >= 0.3 is 5.97 Å². The van der Waals surface area contributed by atoms with Crippen LogP contribution in [0.4, 0.5) is 0 Å². The average Bonchev–Trinajstić information content (AvgIpc) is 2.61. The highest BCUT2D eigenvalue weighted by Gasteiger charge is 1.94. The van der Waals surface area contributed by atoms with Gasteiger partial charge in [0.1, 0.15) is 0 Å². The van der Waals surface area contributed by atoms with Crippen LogP contribution in [0.15, 0.2) is 0 Å². The van der Waals surface area contributed by atoms with Gasteiger partial charge in [-0.15, -0.1) is 0 Å². The van der Waals surface area contributed by atoms with E-state index in [-0.39, 0.29) is 5.97 Å². The Labute approximate surface area is 80.4 Å². The number of hydrogen-bond donors (Lipinski definition) is 0. The summed E-state index contributed by atoms with van der Waals surface area (Å²) in [6.45, 7) is 6.06. The Morgan fingerprint density at radius 2 is 2.00 bits per heavy atom. The quantitative estimate of drug-likeness (QED) is 0.503. The Balaban J connectivity index is 0.000000243. The number of carbonyl (C=O) groups excluding carboxylic acids is 1. The van der Waals surface area contributed by atoms with E-state index in [9.17, 15) is 4.79 Å². The summed E-state index contributed by atoms with van der Waals surface area (Å²) in [7, 11) is 0. The molecule has 0 bridgehead atoms. The van der Waals surface area contributed by atoms with E-state index in [1.807, 2.05) is 0 Å². The largest absolute Gasteiger partial charge is 0.466 e. The van der Waals surface area contributed by atoms with Gasteiger partial charge in [-0.1, -0.05) is 13.3 Å². The van der Waals surface area contributed by atoms with Crippen molar-refractivity contribution in [1.29, 1.82) is 0 Å². The zero-order valence-corrected chi connectivity index (χ0v) is 8.67. The summed E-state index contributed by atoms with van der Waals surface area (Å²) < 4.78 is 9.59. The van der Waals surface area contributed by atoms with E-state index in [4.69, 9.17) is 4.74 Å². The molecule has 0 aliphatic carbocycles. The summed E-state index contributed by atoms with van der Waals surface area (Å²) in [4.78, 5) is 10.1. The fourth-order valence-corrected chi connectivity index (χ4v) is 0.871. The SMILES string of the molecule is C1CCOC1.CCCCOC(C)=O. The molecular weight excluding hydrogens is 168 g/mol. The molecule has 0 N–H and O–H groups in total. The zero-order valence-electron chi connectivity index (χ0n) is 8.67. The second-order valence-corrected chi connectivity index (χ2v) is 3.01. The molecule has 3 nitrogen and oxygen atoms in total. The predicted molar refractivity (Wildman–Crippen MR) is 51.6 cm³/mol. The van der Waals surface area contributed by atoms with Crippen molar-refractivity contribution in [2.75, 3.05) is 19.8 Å². The van der Waals surface area contributed by atoms with Crippen LogP contribution in [0.5, 0.6) is 0 Å². The highest BCUT2D eigenvalue weighted by molar-refractivity contribution is 5.65. The van der Waals surface area contributed by atoms with Crippen molar-refractivity contribution in [2.45, 2.75) is 39.5 Å². The lowest BCUT2D eigenvalue weighted by atomic mass is 10.4. The van der Waals surface area contributed by atoms with Crippen LogP contribution in [-0.4, -0.2) is 25.8 Å². The second-order valence-electron chi connectivity index (χ2n) is 3.01. The van der Waals surface area contributed by atoms with Crippen LogP contribution in [0.3, 0.4) is 0 Å². The second kappa shape index (κ2) is 9.52. The first kappa shape index (κ1) is 12.4. The van der Waals surface area contributed by atoms with Gasteiger partial charge in [0.25, 0.3) is 0 Å². The molecule has 0 radical (unpaired) electrons. The first-order chi connectivity index (χ1) is 6.27. The molecule has 1 heterocycles. The molecular formula is C10H20O3. The maximum atomic E-state index is 10.1. The van der Waals surface area contributed by atoms with E-state index in [1.165, 1.54) is 19.8 Å². The van der Waals surface area contributed by atoms with E-state index in [0.29, 0.717) is 6.61 Å². The molecule has 1 aliphatic heterocycles. The third-order valence-corrected chi connectivity index (χ3v) is 1.63. The molecule has 0 atom stereocenters. The smallest absolute Gasteiger partial charge is 0.302 e. The van der Waals surface area contributed by atoms with E-state index < -0.39 is 0 Å². The number of unbranched alkanes of at least 4 members (excludes halogenated alkanes) is 1. The Hall–Kier alpha value is -0.570. The van der Waals surface area contributed by atoms with Crippen LogP contribution in [0.1, 0.15) is 39.5 Å². The molecule has 13 heavy (non-hydrogen) atoms. The molecule has 0 aromatic heterocycles. The van der Waals surface area contributed by atoms with Crippen molar-refractivity contribution in [2.24, 2.45) is 0 Å². The van der Waals surface area contributed by atoms with Crippen molar-refractivity contribution in [3.63, 3.8) is 0 Å². The lowest BCUT2D eigenvalue weighted by Gasteiger charge is -1.96. The predicted octanol–water partition coefficient (Wildman–Crippen LogP) is 2.15. The van der Waals surface area contributed by atoms with Crippen molar-refractivity contribution < 1.29 is 14.3 Å². The van der Waals surface area contributed by atoms with Gasteiger partial charge in [0.2, 0.25) is 0 Å². The van der Waals surface area contributed by atoms with Crippen LogP contribution in [0.25, 0.3) is 0 Å². The Morgan fingerprint density at radius 3 is 2.31 bits per heavy atom. The molecule has 0 spiro atoms. The average molecular weight is 188 g/mol. The molecule has 0 aromatic rings. The molecule has 78 valence electrons. The third-order valence-electron chi connectivity index (χ3n) is 1.63. The fraction of sp³-hybridized carbons (Fsp3) is 0.900. The minimum Gasteiger partial charge on any atom is -0.466 e. The summed E-state index contributed by atoms with van der Waals surface area (Å²) in [6.07, 6.45) is 4.60. The molecule has 0 amide bonds. The van der Waals surface area contributed by atoms with Gasteiger partial charge in [0, 0.05) is 20.1 Å². The lowest BCUT2D eigenvalue weighted by Crippen LogP contribution is -1.99. The van der Waals surface area contributed by atoms with E-state index in [2.05, 4.69) is 11.7 Å². The maximum absolute atomic E-state index is 10.1. The van der Waals surface area contributed by atoms with Crippen LogP contribution >= 0.6 is 0 Å². The maximum Gasteiger partial charge on any atom is 0.302 e. The van der Waals surface area contributed by atoms with Crippen molar-refractivity contribution >= 4 is 5.97 Å². The summed E-state index contributed by atoms with van der Waals surface area (Å²) in [5, 5.41) is 0. The van der Waals surface area contributed by atoms with Gasteiger partial charge in [0.15, 0.2) is 0 Å². The summed E-state index contributed by atoms with van der Waals surface area (Å²) in [5.74, 6) is -0.182. The topological polar surface area (TPSA) is 35.5 Å². The van der Waals surface area contributed by atoms with Crippen LogP contribution in [0, 0.1) is 0 Å². The number of carbonyl (C=O) groups is 1. The molecule has 1 rings (SSSR count). The van der Waals surface area contributed by atoms with Crippen molar-refractivity contribution in [1.82, 2.24) is 0 Å². The van der Waals surface area contributed by atoms with Gasteiger partial charge in [-0.05, 0) is 19.3 Å². The summed E-state index contributed by atoms with van der Waals surface area (Å²) in [5.41, 5.74) is 0. The third kappa shape index (κ3) is 11.4. The minimum absolute atomic E-state index is 0.182. The number of esters is 1. The van der Waals surface area contributed by atoms with Crippen molar-refractivity contribution in [3.05, 3.63) is 0 Å². The summed E-state index contributed by atoms with van der Waals surface area (Å²) >= 11 is 0. The summed E-state index contributed by atoms with van der Waals surface area (Å²) in [6, 6.07) is 0. The van der Waals surface area contributed by atoms with Crippen LogP contribution in [-0.2, 0) is 14.3 Å². The van der Waals surface area contributed by atoms with Crippen molar-refractivity contribution in [3.8, 4) is 0 Å². The first-order valence-electron chi connectivity index (χ1n) is 4.98. The van der Waals surface area contributed by atoms with Crippen LogP contribution in [0.2, 0.25) is 0 Å². The Bertz CT molecular complexity index is 112. The normalized spacial score (nSPS) is 14.6. The first-order valence-corrected chi connectivity index (χ1v) is 4.98. The van der Waals surface area contributed by atoms with Gasteiger partial charge in [-0.25, -0.2) is 0 Å². The highest BCUT2D eigenvalue weighted by Crippen LogP contribution is 1.98. The minimum atomic E-state index is -0.182. The van der Waals surface area contributed by atoms with Gasteiger partial charge in [0.05, 0.1) is 6.61 Å². The number of rotatable bonds is 3. The molecule has 0 saturated carbocycles. The lowest BCUT2D eigenvalue weighted by molar-refractivity contribution is -0.141. The molecule has 1 saturated heterocycles. The Morgan fingerprint density at radius 1 is 1.38 bits per heavy atom. The monoisotopic (exact) mass is 188 g/mol. The van der Waals surface area contributed by atoms with E-state index >= 15 is 0 Å². The Kier molecular flexibility index (Phi) is 9.10. The molecule has 1 fully saturated rings. The molecule has 0 unspecified atom stereocenters. The van der Waals surface area contributed by atoms with Crippen LogP contribution < -0.4 is 0 Å². The van der Waals surface area contributed by atoms with Gasteiger partial charge < -0.3 is 9.47 Å². The molecule has 3 heteroatoms. The van der Waals surface area contributed by atoms with Gasteiger partial charge in [-0.2, -0.15) is 0 Å². The standard InChI is InChI=1S/C6H12O2.C4H8O/c1-3-4-5-8-6(2)7;1-2-4-5-3-1/h3-5H2,1-2H3;1-4H2. The zero-order chi connectivity index (χ0) is 9.94. The molecule has 1 aliphatic rings. The van der Waals surface area contributed by atoms with Gasteiger partial charge in [-0.3, -0.25) is 4.79 Å².